The minimum absolute atomic E-state index is 1.05. The summed E-state index contributed by atoms with van der Waals surface area (Å²) >= 11 is 0. The molecular formula is C12H10. The van der Waals surface area contributed by atoms with Crippen LogP contribution in [0.25, 0.3) is 12.2 Å². The summed E-state index contributed by atoms with van der Waals surface area (Å²) < 4.78 is 0. The highest BCUT2D eigenvalue weighted by atomic mass is 14.0. The molecule has 1 aromatic carbocycles. The molecule has 0 heterocycles. The molecule has 0 amide bonds. The third kappa shape index (κ3) is 1.24. The number of rotatable bonds is 0. The fourth-order valence-corrected chi connectivity index (χ4v) is 1.26. The van der Waals surface area contributed by atoms with Gasteiger partial charge in [0, 0.05) is 0 Å². The van der Waals surface area contributed by atoms with Gasteiger partial charge in [-0.05, 0) is 16.7 Å². The van der Waals surface area contributed by atoms with Crippen molar-refractivity contribution < 1.29 is 0 Å². The van der Waals surface area contributed by atoms with E-state index in [1.54, 1.807) is 0 Å². The first kappa shape index (κ1) is 7.11. The maximum atomic E-state index is 3.88. The first-order valence-corrected chi connectivity index (χ1v) is 4.00. The van der Waals surface area contributed by atoms with Crippen LogP contribution >= 0.6 is 0 Å². The lowest BCUT2D eigenvalue weighted by molar-refractivity contribution is 1.62. The number of hydrogen-bond donors (Lipinski definition) is 0. The molecule has 0 radical (unpaired) electrons. The fourth-order valence-electron chi connectivity index (χ4n) is 1.26. The van der Waals surface area contributed by atoms with Crippen molar-refractivity contribution in [1.29, 1.82) is 0 Å². The van der Waals surface area contributed by atoms with Crippen molar-refractivity contribution in [2.24, 2.45) is 0 Å². The largest absolute Gasteiger partial charge is 0.0918 e. The average Bonchev–Trinajstić information content (AvgIpc) is 2.29. The highest BCUT2D eigenvalue weighted by Crippen LogP contribution is 2.17. The van der Waals surface area contributed by atoms with Crippen LogP contribution in [-0.4, -0.2) is 0 Å². The Kier molecular flexibility index (Phi) is 1.67. The van der Waals surface area contributed by atoms with Crippen LogP contribution in [0.15, 0.2) is 48.6 Å². The highest BCUT2D eigenvalue weighted by Gasteiger charge is 1.96. The molecule has 58 valence electrons. The van der Waals surface area contributed by atoms with Gasteiger partial charge in [-0.25, -0.2) is 0 Å². The quantitative estimate of drug-likeness (QED) is 0.538. The summed E-state index contributed by atoms with van der Waals surface area (Å²) in [7, 11) is 0. The van der Waals surface area contributed by atoms with Gasteiger partial charge in [-0.1, -0.05) is 55.1 Å². The molecule has 0 aliphatic heterocycles. The van der Waals surface area contributed by atoms with Crippen LogP contribution in [0.1, 0.15) is 11.1 Å². The summed E-state index contributed by atoms with van der Waals surface area (Å²) in [6.45, 7) is 3.88. The van der Waals surface area contributed by atoms with Gasteiger partial charge in [-0.2, -0.15) is 0 Å². The molecule has 1 aliphatic rings. The van der Waals surface area contributed by atoms with E-state index in [4.69, 9.17) is 0 Å². The third-order valence-corrected chi connectivity index (χ3v) is 1.95. The second kappa shape index (κ2) is 2.82. The first-order chi connectivity index (χ1) is 5.86. The molecule has 12 heavy (non-hydrogen) atoms. The smallest absolute Gasteiger partial charge is 0.0184 e. The van der Waals surface area contributed by atoms with Crippen molar-refractivity contribution in [3.63, 3.8) is 0 Å². The summed E-state index contributed by atoms with van der Waals surface area (Å²) in [5, 5.41) is 0. The maximum absolute atomic E-state index is 3.88. The van der Waals surface area contributed by atoms with E-state index in [9.17, 15) is 0 Å². The first-order valence-electron chi connectivity index (χ1n) is 4.00. The zero-order valence-electron chi connectivity index (χ0n) is 6.83. The van der Waals surface area contributed by atoms with Gasteiger partial charge in [0.2, 0.25) is 0 Å². The minimum Gasteiger partial charge on any atom is -0.0918 e. The van der Waals surface area contributed by atoms with Crippen molar-refractivity contribution in [3.05, 3.63) is 59.7 Å². The van der Waals surface area contributed by atoms with Crippen molar-refractivity contribution in [2.75, 3.05) is 0 Å². The summed E-state index contributed by atoms with van der Waals surface area (Å²) in [5.74, 6) is 0. The van der Waals surface area contributed by atoms with Gasteiger partial charge >= 0.3 is 0 Å². The SMILES string of the molecule is C=C1C=Cc2ccccc2C=C1. The minimum atomic E-state index is 1.05. The Balaban J connectivity index is 2.59. The summed E-state index contributed by atoms with van der Waals surface area (Å²) in [4.78, 5) is 0. The molecule has 0 saturated carbocycles. The molecule has 0 fully saturated rings. The van der Waals surface area contributed by atoms with Crippen LogP contribution in [0, 0.1) is 0 Å². The van der Waals surface area contributed by atoms with Crippen LogP contribution < -0.4 is 0 Å². The van der Waals surface area contributed by atoms with Gasteiger partial charge in [0.25, 0.3) is 0 Å². The highest BCUT2D eigenvalue weighted by molar-refractivity contribution is 5.71. The molecular weight excluding hydrogens is 144 g/mol. The summed E-state index contributed by atoms with van der Waals surface area (Å²) in [6.07, 6.45) is 8.25. The maximum Gasteiger partial charge on any atom is -0.0184 e. The Labute approximate surface area is 72.5 Å². The number of allylic oxidation sites excluding steroid dienone is 3. The lowest BCUT2D eigenvalue weighted by Gasteiger charge is -1.96. The van der Waals surface area contributed by atoms with E-state index in [2.05, 4.69) is 30.9 Å². The van der Waals surface area contributed by atoms with E-state index in [1.807, 2.05) is 24.3 Å². The predicted octanol–water partition coefficient (Wildman–Crippen LogP) is 3.28. The molecule has 0 unspecified atom stereocenters. The van der Waals surface area contributed by atoms with Gasteiger partial charge in [0.05, 0.1) is 0 Å². The van der Waals surface area contributed by atoms with Crippen LogP contribution in [0.4, 0.5) is 0 Å². The monoisotopic (exact) mass is 154 g/mol. The molecule has 2 rings (SSSR count). The van der Waals surface area contributed by atoms with Crippen molar-refractivity contribution >= 4 is 12.2 Å². The predicted molar refractivity (Wildman–Crippen MR) is 53.7 cm³/mol. The Hall–Kier alpha value is -1.56. The van der Waals surface area contributed by atoms with Gasteiger partial charge in [0.15, 0.2) is 0 Å². The topological polar surface area (TPSA) is 0 Å². The molecule has 0 N–H and O–H groups in total. The van der Waals surface area contributed by atoms with Crippen LogP contribution in [0.5, 0.6) is 0 Å². The van der Waals surface area contributed by atoms with E-state index >= 15 is 0 Å². The standard InChI is InChI=1S/C12H10/c1-10-6-8-11-4-2-3-5-12(11)9-7-10/h2-9H,1H2. The summed E-state index contributed by atoms with van der Waals surface area (Å²) in [6, 6.07) is 8.31. The average molecular weight is 154 g/mol. The zero-order chi connectivity index (χ0) is 8.39. The fraction of sp³-hybridized carbons (Fsp3) is 0. The lowest BCUT2D eigenvalue weighted by atomic mass is 10.1. The van der Waals surface area contributed by atoms with Gasteiger partial charge < -0.3 is 0 Å². The Morgan fingerprint density at radius 2 is 1.25 bits per heavy atom. The second-order valence-corrected chi connectivity index (χ2v) is 2.87. The van der Waals surface area contributed by atoms with Crippen molar-refractivity contribution in [2.45, 2.75) is 0 Å². The van der Waals surface area contributed by atoms with E-state index < -0.39 is 0 Å². The summed E-state index contributed by atoms with van der Waals surface area (Å²) in [5.41, 5.74) is 3.56. The zero-order valence-corrected chi connectivity index (χ0v) is 6.83. The Morgan fingerprint density at radius 1 is 0.750 bits per heavy atom. The molecule has 0 spiro atoms. The lowest BCUT2D eigenvalue weighted by Crippen LogP contribution is -1.76. The number of hydrogen-bond acceptors (Lipinski definition) is 0. The van der Waals surface area contributed by atoms with Crippen LogP contribution in [-0.2, 0) is 0 Å². The van der Waals surface area contributed by atoms with Crippen LogP contribution in [0.3, 0.4) is 0 Å². The molecule has 1 aromatic rings. The molecule has 1 aliphatic carbocycles. The normalized spacial score (nSPS) is 14.2. The van der Waals surface area contributed by atoms with Crippen molar-refractivity contribution in [3.8, 4) is 0 Å². The molecule has 0 aromatic heterocycles. The van der Waals surface area contributed by atoms with E-state index in [0.717, 1.165) is 5.57 Å². The van der Waals surface area contributed by atoms with Gasteiger partial charge in [-0.3, -0.25) is 0 Å². The number of benzene rings is 1. The third-order valence-electron chi connectivity index (χ3n) is 1.95. The molecule has 0 nitrogen and oxygen atoms in total. The van der Waals surface area contributed by atoms with Gasteiger partial charge in [0.1, 0.15) is 0 Å². The molecule has 0 saturated heterocycles. The van der Waals surface area contributed by atoms with E-state index in [-0.39, 0.29) is 0 Å². The van der Waals surface area contributed by atoms with Gasteiger partial charge in [-0.15, -0.1) is 0 Å². The Bertz CT molecular complexity index is 332. The molecule has 0 atom stereocenters. The molecule has 0 bridgehead atoms. The van der Waals surface area contributed by atoms with Crippen molar-refractivity contribution in [1.82, 2.24) is 0 Å². The van der Waals surface area contributed by atoms with E-state index in [1.165, 1.54) is 11.1 Å². The Morgan fingerprint density at radius 3 is 1.75 bits per heavy atom. The molecule has 0 heteroatoms. The van der Waals surface area contributed by atoms with E-state index in [0.29, 0.717) is 0 Å². The number of fused-ring (bicyclic) bond motifs is 1. The van der Waals surface area contributed by atoms with Crippen LogP contribution in [0.2, 0.25) is 0 Å². The second-order valence-electron chi connectivity index (χ2n) is 2.87.